The topological polar surface area (TPSA) is 78.5 Å². The fourth-order valence-electron chi connectivity index (χ4n) is 5.15. The second kappa shape index (κ2) is 12.2. The molecule has 1 saturated carbocycles. The fourth-order valence-corrected chi connectivity index (χ4v) is 5.15. The molecule has 41 heavy (non-hydrogen) atoms. The van der Waals surface area contributed by atoms with Crippen LogP contribution in [-0.2, 0) is 15.8 Å². The molecule has 1 heterocycles. The third kappa shape index (κ3) is 6.96. The van der Waals surface area contributed by atoms with Crippen LogP contribution in [0.1, 0.15) is 53.2 Å². The van der Waals surface area contributed by atoms with Crippen molar-refractivity contribution in [1.29, 1.82) is 0 Å². The van der Waals surface area contributed by atoms with Crippen LogP contribution in [0.5, 0.6) is 0 Å². The average molecular weight is 564 g/mol. The first-order valence-corrected chi connectivity index (χ1v) is 13.9. The highest BCUT2D eigenvalue weighted by atomic mass is 19.4. The summed E-state index contributed by atoms with van der Waals surface area (Å²) in [5.41, 5.74) is 1.42. The second-order valence-electron chi connectivity index (χ2n) is 10.7. The SMILES string of the molecule is O=C(N[C@H](C(=O)NCC1CC1)c1ccccc1)C1CCN(C(=O)c2ccccc2-c2ccc(C(F)(F)F)cc2)CC1. The van der Waals surface area contributed by atoms with Crippen LogP contribution in [0.15, 0.2) is 78.9 Å². The molecular weight excluding hydrogens is 531 g/mol. The van der Waals surface area contributed by atoms with Gasteiger partial charge in [-0.2, -0.15) is 13.2 Å². The van der Waals surface area contributed by atoms with Crippen LogP contribution in [-0.4, -0.2) is 42.3 Å². The number of carbonyl (C=O) groups is 3. The Morgan fingerprint density at radius 3 is 2.10 bits per heavy atom. The summed E-state index contributed by atoms with van der Waals surface area (Å²) in [5.74, 6) is -0.536. The Morgan fingerprint density at radius 2 is 1.46 bits per heavy atom. The first-order valence-electron chi connectivity index (χ1n) is 13.9. The van der Waals surface area contributed by atoms with E-state index < -0.39 is 17.8 Å². The lowest BCUT2D eigenvalue weighted by molar-refractivity contribution is -0.137. The lowest BCUT2D eigenvalue weighted by Gasteiger charge is -2.32. The van der Waals surface area contributed by atoms with Gasteiger partial charge in [-0.1, -0.05) is 60.7 Å². The van der Waals surface area contributed by atoms with E-state index in [0.29, 0.717) is 60.6 Å². The summed E-state index contributed by atoms with van der Waals surface area (Å²) in [5, 5.41) is 5.89. The van der Waals surface area contributed by atoms with Crippen molar-refractivity contribution in [2.24, 2.45) is 11.8 Å². The monoisotopic (exact) mass is 563 g/mol. The average Bonchev–Trinajstić information content (AvgIpc) is 3.83. The normalized spacial score (nSPS) is 16.6. The molecule has 0 bridgehead atoms. The highest BCUT2D eigenvalue weighted by molar-refractivity contribution is 6.01. The highest BCUT2D eigenvalue weighted by Crippen LogP contribution is 2.33. The van der Waals surface area contributed by atoms with E-state index in [1.165, 1.54) is 12.1 Å². The van der Waals surface area contributed by atoms with Crippen molar-refractivity contribution in [3.63, 3.8) is 0 Å². The molecule has 3 aromatic carbocycles. The third-order valence-electron chi connectivity index (χ3n) is 7.78. The minimum Gasteiger partial charge on any atom is -0.354 e. The number of piperidine rings is 1. The van der Waals surface area contributed by atoms with Crippen molar-refractivity contribution in [3.05, 3.63) is 95.6 Å². The quantitative estimate of drug-likeness (QED) is 0.374. The molecule has 3 aromatic rings. The van der Waals surface area contributed by atoms with Gasteiger partial charge in [-0.3, -0.25) is 14.4 Å². The van der Waals surface area contributed by atoms with E-state index >= 15 is 0 Å². The maximum absolute atomic E-state index is 13.5. The van der Waals surface area contributed by atoms with Gasteiger partial charge in [-0.05, 0) is 66.5 Å². The van der Waals surface area contributed by atoms with Gasteiger partial charge >= 0.3 is 6.18 Å². The van der Waals surface area contributed by atoms with Crippen molar-refractivity contribution in [2.45, 2.75) is 37.9 Å². The minimum absolute atomic E-state index is 0.224. The molecule has 3 amide bonds. The Labute approximate surface area is 236 Å². The Hall–Kier alpha value is -4.14. The maximum atomic E-state index is 13.5. The number of rotatable bonds is 8. The number of hydrogen-bond acceptors (Lipinski definition) is 3. The van der Waals surface area contributed by atoms with E-state index in [4.69, 9.17) is 0 Å². The van der Waals surface area contributed by atoms with Crippen molar-refractivity contribution in [1.82, 2.24) is 15.5 Å². The van der Waals surface area contributed by atoms with Gasteiger partial charge in [0.05, 0.1) is 5.56 Å². The van der Waals surface area contributed by atoms with Gasteiger partial charge in [0.2, 0.25) is 11.8 Å². The van der Waals surface area contributed by atoms with Gasteiger partial charge in [0.1, 0.15) is 6.04 Å². The first kappa shape index (κ1) is 28.4. The molecule has 0 aromatic heterocycles. The molecule has 6 nitrogen and oxygen atoms in total. The molecule has 1 saturated heterocycles. The van der Waals surface area contributed by atoms with Gasteiger partial charge in [0, 0.05) is 31.1 Å². The fraction of sp³-hybridized carbons (Fsp3) is 0.344. The van der Waals surface area contributed by atoms with Gasteiger partial charge in [0.15, 0.2) is 0 Å². The molecule has 9 heteroatoms. The number of nitrogens with one attached hydrogen (secondary N) is 2. The summed E-state index contributed by atoms with van der Waals surface area (Å²) < 4.78 is 39.0. The summed E-state index contributed by atoms with van der Waals surface area (Å²) in [6.45, 7) is 1.30. The third-order valence-corrected chi connectivity index (χ3v) is 7.78. The summed E-state index contributed by atoms with van der Waals surface area (Å²) in [6, 6.07) is 20.0. The van der Waals surface area contributed by atoms with Crippen molar-refractivity contribution < 1.29 is 27.6 Å². The van der Waals surface area contributed by atoms with Crippen LogP contribution in [0, 0.1) is 11.8 Å². The zero-order valence-corrected chi connectivity index (χ0v) is 22.5. The van der Waals surface area contributed by atoms with E-state index in [1.807, 2.05) is 30.3 Å². The number of halogens is 3. The predicted octanol–water partition coefficient (Wildman–Crippen LogP) is 5.61. The summed E-state index contributed by atoms with van der Waals surface area (Å²) in [7, 11) is 0. The number of benzene rings is 3. The van der Waals surface area contributed by atoms with Gasteiger partial charge < -0.3 is 15.5 Å². The van der Waals surface area contributed by atoms with Crippen LogP contribution in [0.4, 0.5) is 13.2 Å². The van der Waals surface area contributed by atoms with Crippen LogP contribution >= 0.6 is 0 Å². The molecule has 0 spiro atoms. The summed E-state index contributed by atoms with van der Waals surface area (Å²) in [6.07, 6.45) is -1.36. The van der Waals surface area contributed by atoms with Gasteiger partial charge in [0.25, 0.3) is 5.91 Å². The van der Waals surface area contributed by atoms with Crippen LogP contribution < -0.4 is 10.6 Å². The molecule has 1 aliphatic carbocycles. The lowest BCUT2D eigenvalue weighted by atomic mass is 9.93. The largest absolute Gasteiger partial charge is 0.416 e. The second-order valence-corrected chi connectivity index (χ2v) is 10.7. The van der Waals surface area contributed by atoms with Gasteiger partial charge in [-0.25, -0.2) is 0 Å². The number of alkyl halides is 3. The predicted molar refractivity (Wildman–Crippen MR) is 149 cm³/mol. The van der Waals surface area contributed by atoms with E-state index in [9.17, 15) is 27.6 Å². The molecule has 1 atom stereocenters. The summed E-state index contributed by atoms with van der Waals surface area (Å²) >= 11 is 0. The number of amides is 3. The van der Waals surface area contributed by atoms with Crippen LogP contribution in [0.25, 0.3) is 11.1 Å². The molecule has 2 fully saturated rings. The molecule has 2 N–H and O–H groups in total. The zero-order chi connectivity index (χ0) is 29.0. The molecule has 0 radical (unpaired) electrons. The van der Waals surface area contributed by atoms with E-state index in [-0.39, 0.29) is 23.6 Å². The van der Waals surface area contributed by atoms with E-state index in [2.05, 4.69) is 10.6 Å². The molecule has 2 aliphatic rings. The Balaban J connectivity index is 1.22. The van der Waals surface area contributed by atoms with Crippen LogP contribution in [0.3, 0.4) is 0 Å². The standard InChI is InChI=1S/C32H32F3N3O3/c33-32(34,35)25-14-12-22(13-15-25)26-8-4-5-9-27(26)31(41)38-18-16-24(17-19-38)29(39)37-28(23-6-2-1-3-7-23)30(40)36-20-21-10-11-21/h1-9,12-15,21,24,28H,10-11,16-20H2,(H,36,40)(H,37,39)/t28-/m0/s1. The van der Waals surface area contributed by atoms with Crippen LogP contribution in [0.2, 0.25) is 0 Å². The van der Waals surface area contributed by atoms with Crippen molar-refractivity contribution in [2.75, 3.05) is 19.6 Å². The minimum atomic E-state index is -4.44. The highest BCUT2D eigenvalue weighted by Gasteiger charge is 2.33. The lowest BCUT2D eigenvalue weighted by Crippen LogP contribution is -2.46. The number of carbonyl (C=O) groups excluding carboxylic acids is 3. The molecule has 214 valence electrons. The molecule has 5 rings (SSSR count). The summed E-state index contributed by atoms with van der Waals surface area (Å²) in [4.78, 5) is 41.4. The molecule has 0 unspecified atom stereocenters. The first-order chi connectivity index (χ1) is 19.7. The smallest absolute Gasteiger partial charge is 0.354 e. The Bertz CT molecular complexity index is 1380. The Morgan fingerprint density at radius 1 is 0.829 bits per heavy atom. The molecule has 1 aliphatic heterocycles. The number of hydrogen-bond donors (Lipinski definition) is 2. The van der Waals surface area contributed by atoms with Gasteiger partial charge in [-0.15, -0.1) is 0 Å². The van der Waals surface area contributed by atoms with E-state index in [1.54, 1.807) is 29.2 Å². The Kier molecular flexibility index (Phi) is 8.42. The number of likely N-dealkylation sites (tertiary alicyclic amines) is 1. The number of nitrogens with zero attached hydrogens (tertiary/aromatic N) is 1. The zero-order valence-electron chi connectivity index (χ0n) is 22.5. The van der Waals surface area contributed by atoms with Crippen molar-refractivity contribution >= 4 is 17.7 Å². The molecular formula is C32H32F3N3O3. The maximum Gasteiger partial charge on any atom is 0.416 e. The van der Waals surface area contributed by atoms with Crippen molar-refractivity contribution in [3.8, 4) is 11.1 Å². The van der Waals surface area contributed by atoms with E-state index in [0.717, 1.165) is 25.0 Å².